The zero-order valence-electron chi connectivity index (χ0n) is 17.5. The van der Waals surface area contributed by atoms with Crippen LogP contribution in [0.25, 0.3) is 33.4 Å². The number of rotatable bonds is 6. The summed E-state index contributed by atoms with van der Waals surface area (Å²) in [7, 11) is -4.28. The van der Waals surface area contributed by atoms with Crippen LogP contribution >= 0.6 is 0 Å². The van der Waals surface area contributed by atoms with Crippen LogP contribution in [0, 0.1) is 0 Å². The van der Waals surface area contributed by atoms with Crippen LogP contribution in [0.2, 0.25) is 0 Å². The fourth-order valence-electron chi connectivity index (χ4n) is 3.71. The number of hydrogen-bond acceptors (Lipinski definition) is 6. The zero-order chi connectivity index (χ0) is 23.7. The molecular weight excluding hydrogens is 454 g/mol. The van der Waals surface area contributed by atoms with Gasteiger partial charge in [0.2, 0.25) is 5.65 Å². The Bertz CT molecular complexity index is 1620. The maximum absolute atomic E-state index is 13.5. The first kappa shape index (κ1) is 21.3. The van der Waals surface area contributed by atoms with Gasteiger partial charge in [-0.1, -0.05) is 72.8 Å². The van der Waals surface area contributed by atoms with Crippen molar-refractivity contribution in [1.82, 2.24) is 20.4 Å². The van der Waals surface area contributed by atoms with E-state index in [0.29, 0.717) is 11.3 Å². The molecule has 0 saturated carbocycles. The standard InChI is InChI=1S/C24H17N5O4S/c30-24(31)17-13-7-8-14-18(17)29-34(32,33)23-20-19(15-9-3-1-4-10-15)21(16-11-5-2-6-12-16)25-26-22(20)27-28-23/h1-14,29H,(H,30,31)(H,26,27,28). The van der Waals surface area contributed by atoms with E-state index in [4.69, 9.17) is 0 Å². The topological polar surface area (TPSA) is 138 Å². The van der Waals surface area contributed by atoms with Crippen molar-refractivity contribution in [3.8, 4) is 22.4 Å². The normalized spacial score (nSPS) is 11.4. The fraction of sp³-hybridized carbons (Fsp3) is 0. The van der Waals surface area contributed by atoms with E-state index in [1.807, 2.05) is 60.7 Å². The Morgan fingerprint density at radius 2 is 1.44 bits per heavy atom. The van der Waals surface area contributed by atoms with Gasteiger partial charge >= 0.3 is 5.97 Å². The van der Waals surface area contributed by atoms with Crippen LogP contribution in [0.3, 0.4) is 0 Å². The number of nitrogens with one attached hydrogen (secondary N) is 2. The summed E-state index contributed by atoms with van der Waals surface area (Å²) in [4.78, 5) is 11.6. The number of aromatic nitrogens is 4. The summed E-state index contributed by atoms with van der Waals surface area (Å²) < 4.78 is 29.3. The molecule has 3 aromatic carbocycles. The van der Waals surface area contributed by atoms with Gasteiger partial charge in [-0.25, -0.2) is 4.79 Å². The SMILES string of the molecule is O=C(O)c1ccccc1NS(=O)(=O)c1[nH]nc2nnc(-c3ccccc3)c(-c3ccccc3)c12. The Hall–Kier alpha value is -4.57. The van der Waals surface area contributed by atoms with Gasteiger partial charge in [-0.15, -0.1) is 10.2 Å². The second-order valence-corrected chi connectivity index (χ2v) is 8.98. The van der Waals surface area contributed by atoms with Gasteiger partial charge in [-0.3, -0.25) is 9.82 Å². The molecule has 0 aliphatic heterocycles. The Morgan fingerprint density at radius 3 is 2.12 bits per heavy atom. The number of benzene rings is 3. The van der Waals surface area contributed by atoms with E-state index in [0.717, 1.165) is 11.1 Å². The lowest BCUT2D eigenvalue weighted by Crippen LogP contribution is -2.16. The van der Waals surface area contributed by atoms with Crippen LogP contribution in [-0.4, -0.2) is 39.9 Å². The summed E-state index contributed by atoms with van der Waals surface area (Å²) in [5.74, 6) is -1.25. The van der Waals surface area contributed by atoms with Crippen LogP contribution in [-0.2, 0) is 10.0 Å². The van der Waals surface area contributed by atoms with Crippen LogP contribution in [0.4, 0.5) is 5.69 Å². The summed E-state index contributed by atoms with van der Waals surface area (Å²) in [5.41, 5.74) is 2.38. The second-order valence-electron chi connectivity index (χ2n) is 7.36. The molecular formula is C24H17N5O4S. The Balaban J connectivity index is 1.76. The third kappa shape index (κ3) is 3.76. The first-order valence-corrected chi connectivity index (χ1v) is 11.6. The summed E-state index contributed by atoms with van der Waals surface area (Å²) in [5, 5.41) is 24.6. The highest BCUT2D eigenvalue weighted by atomic mass is 32.2. The van der Waals surface area contributed by atoms with Crippen LogP contribution in [0.1, 0.15) is 10.4 Å². The van der Waals surface area contributed by atoms with Crippen molar-refractivity contribution in [3.05, 3.63) is 90.5 Å². The summed E-state index contributed by atoms with van der Waals surface area (Å²) in [6.45, 7) is 0. The molecule has 3 N–H and O–H groups in total. The van der Waals surface area contributed by atoms with Crippen LogP contribution in [0.15, 0.2) is 90.0 Å². The van der Waals surface area contributed by atoms with Gasteiger partial charge in [0.15, 0.2) is 5.03 Å². The van der Waals surface area contributed by atoms with Crippen LogP contribution < -0.4 is 4.72 Å². The maximum atomic E-state index is 13.5. The van der Waals surface area contributed by atoms with E-state index in [-0.39, 0.29) is 27.3 Å². The minimum absolute atomic E-state index is 0.0655. The molecule has 0 saturated heterocycles. The van der Waals surface area contributed by atoms with Crippen molar-refractivity contribution >= 4 is 32.7 Å². The van der Waals surface area contributed by atoms with Gasteiger partial charge in [-0.05, 0) is 17.7 Å². The largest absolute Gasteiger partial charge is 0.478 e. The first-order chi connectivity index (χ1) is 16.5. The molecule has 0 radical (unpaired) electrons. The zero-order valence-corrected chi connectivity index (χ0v) is 18.3. The monoisotopic (exact) mass is 471 g/mol. The number of hydrogen-bond donors (Lipinski definition) is 3. The lowest BCUT2D eigenvalue weighted by molar-refractivity contribution is 0.0698. The second kappa shape index (κ2) is 8.41. The minimum Gasteiger partial charge on any atom is -0.478 e. The Morgan fingerprint density at radius 1 is 0.824 bits per heavy atom. The number of carboxylic acid groups (broad SMARTS) is 1. The number of carbonyl (C=O) groups is 1. The molecule has 0 aliphatic carbocycles. The van der Waals surface area contributed by atoms with E-state index in [9.17, 15) is 18.3 Å². The summed E-state index contributed by atoms with van der Waals surface area (Å²) >= 11 is 0. The number of anilines is 1. The molecule has 0 fully saturated rings. The highest BCUT2D eigenvalue weighted by Crippen LogP contribution is 2.38. The molecule has 10 heteroatoms. The highest BCUT2D eigenvalue weighted by molar-refractivity contribution is 7.92. The molecule has 5 aromatic rings. The number of H-pyrrole nitrogens is 1. The summed E-state index contributed by atoms with van der Waals surface area (Å²) in [6, 6.07) is 24.3. The molecule has 0 amide bonds. The average molecular weight is 471 g/mol. The number of sulfonamides is 1. The molecule has 5 rings (SSSR count). The fourth-order valence-corrected chi connectivity index (χ4v) is 4.91. The number of carboxylic acids is 1. The van der Waals surface area contributed by atoms with Crippen molar-refractivity contribution in [2.24, 2.45) is 0 Å². The van der Waals surface area contributed by atoms with Gasteiger partial charge in [-0.2, -0.15) is 13.5 Å². The van der Waals surface area contributed by atoms with Crippen LogP contribution in [0.5, 0.6) is 0 Å². The molecule has 0 bridgehead atoms. The van der Waals surface area contributed by atoms with Gasteiger partial charge in [0.05, 0.1) is 16.6 Å². The van der Waals surface area contributed by atoms with Gasteiger partial charge in [0.1, 0.15) is 5.69 Å². The predicted octanol–water partition coefficient (Wildman–Crippen LogP) is 4.19. The van der Waals surface area contributed by atoms with Gasteiger partial charge < -0.3 is 5.11 Å². The van der Waals surface area contributed by atoms with E-state index in [1.165, 1.54) is 18.2 Å². The van der Waals surface area contributed by atoms with E-state index in [2.05, 4.69) is 25.1 Å². The van der Waals surface area contributed by atoms with E-state index < -0.39 is 16.0 Å². The third-order valence-corrected chi connectivity index (χ3v) is 6.55. The maximum Gasteiger partial charge on any atom is 0.337 e. The van der Waals surface area contributed by atoms with Crippen molar-refractivity contribution in [1.29, 1.82) is 0 Å². The number of fused-ring (bicyclic) bond motifs is 1. The lowest BCUT2D eigenvalue weighted by Gasteiger charge is -2.13. The quantitative estimate of drug-likeness (QED) is 0.338. The van der Waals surface area contributed by atoms with Crippen molar-refractivity contribution < 1.29 is 18.3 Å². The minimum atomic E-state index is -4.28. The van der Waals surface area contributed by atoms with Crippen molar-refractivity contribution in [2.75, 3.05) is 4.72 Å². The Labute approximate surface area is 194 Å². The molecule has 168 valence electrons. The summed E-state index contributed by atoms with van der Waals surface area (Å²) in [6.07, 6.45) is 0. The molecule has 2 heterocycles. The van der Waals surface area contributed by atoms with Crippen molar-refractivity contribution in [2.45, 2.75) is 5.03 Å². The molecule has 0 atom stereocenters. The van der Waals surface area contributed by atoms with Gasteiger partial charge in [0.25, 0.3) is 10.0 Å². The van der Waals surface area contributed by atoms with Gasteiger partial charge in [0, 0.05) is 11.1 Å². The predicted molar refractivity (Wildman–Crippen MR) is 127 cm³/mol. The smallest absolute Gasteiger partial charge is 0.337 e. The lowest BCUT2D eigenvalue weighted by atomic mass is 9.98. The highest BCUT2D eigenvalue weighted by Gasteiger charge is 2.28. The number of nitrogens with zero attached hydrogens (tertiary/aromatic N) is 3. The molecule has 0 unspecified atom stereocenters. The van der Waals surface area contributed by atoms with Crippen molar-refractivity contribution in [3.63, 3.8) is 0 Å². The first-order valence-electron chi connectivity index (χ1n) is 10.2. The molecule has 0 aliphatic rings. The Kier molecular flexibility index (Phi) is 5.27. The average Bonchev–Trinajstić information content (AvgIpc) is 3.30. The number of aromatic amines is 1. The molecule has 0 spiro atoms. The third-order valence-electron chi connectivity index (χ3n) is 5.23. The number of para-hydroxylation sites is 1. The number of aromatic carboxylic acids is 1. The molecule has 34 heavy (non-hydrogen) atoms. The van der Waals surface area contributed by atoms with E-state index >= 15 is 0 Å². The van der Waals surface area contributed by atoms with E-state index in [1.54, 1.807) is 6.07 Å². The molecule has 2 aromatic heterocycles. The molecule has 9 nitrogen and oxygen atoms in total.